The molecule has 1 fully saturated rings. The van der Waals surface area contributed by atoms with E-state index in [4.69, 9.17) is 4.74 Å². The maximum atomic E-state index is 13.4. The van der Waals surface area contributed by atoms with Crippen molar-refractivity contribution in [3.63, 3.8) is 0 Å². The van der Waals surface area contributed by atoms with E-state index in [0.717, 1.165) is 23.5 Å². The monoisotopic (exact) mass is 454 g/mol. The maximum Gasteiger partial charge on any atom is 0.410 e. The zero-order chi connectivity index (χ0) is 23.6. The van der Waals surface area contributed by atoms with Gasteiger partial charge in [0.2, 0.25) is 0 Å². The standard InChI is InChI=1S/C25H31FN4O3/c1-25(2,3)33-24(32)28-13-12-18(17-28)16-27-23(31)30-15-14-29(20-10-8-19(26)9-11-20)21-6-4-5-7-22(21)30/h4-11,18H,12-17H2,1-3H3,(H,27,31)/t18-/m1/s1. The van der Waals surface area contributed by atoms with Crippen molar-refractivity contribution in [1.82, 2.24) is 10.2 Å². The largest absolute Gasteiger partial charge is 0.444 e. The van der Waals surface area contributed by atoms with E-state index < -0.39 is 5.60 Å². The predicted molar refractivity (Wildman–Crippen MR) is 127 cm³/mol. The molecule has 2 aliphatic heterocycles. The third-order valence-electron chi connectivity index (χ3n) is 5.87. The van der Waals surface area contributed by atoms with Crippen molar-refractivity contribution in [3.05, 3.63) is 54.3 Å². The molecule has 0 unspecified atom stereocenters. The molecule has 2 aromatic rings. The van der Waals surface area contributed by atoms with Crippen LogP contribution in [-0.2, 0) is 4.74 Å². The van der Waals surface area contributed by atoms with Crippen molar-refractivity contribution in [2.75, 3.05) is 42.5 Å². The second-order valence-electron chi connectivity index (χ2n) is 9.54. The molecule has 0 radical (unpaired) electrons. The van der Waals surface area contributed by atoms with E-state index >= 15 is 0 Å². The molecule has 2 aromatic carbocycles. The molecule has 0 aliphatic carbocycles. The Hall–Kier alpha value is -3.29. The summed E-state index contributed by atoms with van der Waals surface area (Å²) in [7, 11) is 0. The molecular weight excluding hydrogens is 423 g/mol. The Kier molecular flexibility index (Phi) is 6.44. The molecule has 1 saturated heterocycles. The molecule has 8 heteroatoms. The fourth-order valence-corrected chi connectivity index (χ4v) is 4.28. The normalized spacial score (nSPS) is 18.2. The lowest BCUT2D eigenvalue weighted by atomic mass is 10.1. The number of fused-ring (bicyclic) bond motifs is 1. The second kappa shape index (κ2) is 9.29. The number of nitrogens with zero attached hydrogens (tertiary/aromatic N) is 3. The van der Waals surface area contributed by atoms with Crippen LogP contribution < -0.4 is 15.1 Å². The van der Waals surface area contributed by atoms with Gasteiger partial charge >= 0.3 is 12.1 Å². The zero-order valence-electron chi connectivity index (χ0n) is 19.4. The highest BCUT2D eigenvalue weighted by molar-refractivity contribution is 5.97. The van der Waals surface area contributed by atoms with Crippen LogP contribution in [-0.4, -0.2) is 55.3 Å². The molecule has 2 aliphatic rings. The van der Waals surface area contributed by atoms with Crippen molar-refractivity contribution in [1.29, 1.82) is 0 Å². The number of nitrogens with one attached hydrogen (secondary N) is 1. The lowest BCUT2D eigenvalue weighted by Crippen LogP contribution is -2.48. The van der Waals surface area contributed by atoms with Gasteiger partial charge in [-0.05, 0) is 69.5 Å². The summed E-state index contributed by atoms with van der Waals surface area (Å²) in [5.41, 5.74) is 2.08. The number of hydrogen-bond donors (Lipinski definition) is 1. The average Bonchev–Trinajstić information content (AvgIpc) is 3.26. The third kappa shape index (κ3) is 5.38. The van der Waals surface area contributed by atoms with Crippen molar-refractivity contribution in [2.45, 2.75) is 32.8 Å². The van der Waals surface area contributed by atoms with Gasteiger partial charge in [0, 0.05) is 38.4 Å². The number of amides is 3. The summed E-state index contributed by atoms with van der Waals surface area (Å²) in [6, 6.07) is 14.0. The van der Waals surface area contributed by atoms with Gasteiger partial charge in [0.25, 0.3) is 0 Å². The molecule has 0 bridgehead atoms. The minimum atomic E-state index is -0.521. The minimum Gasteiger partial charge on any atom is -0.444 e. The summed E-state index contributed by atoms with van der Waals surface area (Å²) in [5.74, 6) is -0.0839. The first-order valence-electron chi connectivity index (χ1n) is 11.4. The summed E-state index contributed by atoms with van der Waals surface area (Å²) >= 11 is 0. The fourth-order valence-electron chi connectivity index (χ4n) is 4.28. The van der Waals surface area contributed by atoms with E-state index in [9.17, 15) is 14.0 Å². The van der Waals surface area contributed by atoms with Gasteiger partial charge in [-0.1, -0.05) is 12.1 Å². The van der Waals surface area contributed by atoms with E-state index in [1.165, 1.54) is 12.1 Å². The number of carbonyl (C=O) groups is 2. The van der Waals surface area contributed by atoms with Crippen LogP contribution in [0.3, 0.4) is 0 Å². The van der Waals surface area contributed by atoms with Crippen LogP contribution in [0.15, 0.2) is 48.5 Å². The van der Waals surface area contributed by atoms with E-state index in [-0.39, 0.29) is 23.9 Å². The highest BCUT2D eigenvalue weighted by Crippen LogP contribution is 2.37. The first-order chi connectivity index (χ1) is 15.7. The number of para-hydroxylation sites is 2. The molecular formula is C25H31FN4O3. The topological polar surface area (TPSA) is 65.1 Å². The molecule has 7 nitrogen and oxygen atoms in total. The number of carbonyl (C=O) groups excluding carboxylic acids is 2. The number of halogens is 1. The molecule has 33 heavy (non-hydrogen) atoms. The summed E-state index contributed by atoms with van der Waals surface area (Å²) < 4.78 is 18.8. The number of likely N-dealkylation sites (tertiary alicyclic amines) is 1. The number of anilines is 3. The quantitative estimate of drug-likeness (QED) is 0.727. The SMILES string of the molecule is CC(C)(C)OC(=O)N1CC[C@H](CNC(=O)N2CCN(c3ccc(F)cc3)c3ccccc32)C1. The molecule has 1 atom stereocenters. The van der Waals surface area contributed by atoms with Gasteiger partial charge in [-0.15, -0.1) is 0 Å². The first kappa shape index (κ1) is 22.9. The highest BCUT2D eigenvalue weighted by Gasteiger charge is 2.31. The van der Waals surface area contributed by atoms with Crippen LogP contribution in [0.4, 0.5) is 31.0 Å². The Morgan fingerprint density at radius 2 is 1.73 bits per heavy atom. The minimum absolute atomic E-state index is 0.156. The number of benzene rings is 2. The van der Waals surface area contributed by atoms with Gasteiger partial charge in [0.15, 0.2) is 0 Å². The summed E-state index contributed by atoms with van der Waals surface area (Å²) in [4.78, 5) is 30.9. The third-order valence-corrected chi connectivity index (χ3v) is 5.87. The molecule has 4 rings (SSSR count). The summed E-state index contributed by atoms with van der Waals surface area (Å²) in [5, 5.41) is 3.05. The van der Waals surface area contributed by atoms with Crippen molar-refractivity contribution in [3.8, 4) is 0 Å². The Bertz CT molecular complexity index is 1010. The summed E-state index contributed by atoms with van der Waals surface area (Å²) in [6.07, 6.45) is 0.524. The maximum absolute atomic E-state index is 13.4. The van der Waals surface area contributed by atoms with Gasteiger partial charge in [0.05, 0.1) is 11.4 Å². The number of urea groups is 1. The smallest absolute Gasteiger partial charge is 0.410 e. The van der Waals surface area contributed by atoms with Gasteiger partial charge in [-0.25, -0.2) is 14.0 Å². The highest BCUT2D eigenvalue weighted by atomic mass is 19.1. The molecule has 2 heterocycles. The second-order valence-corrected chi connectivity index (χ2v) is 9.54. The Morgan fingerprint density at radius 1 is 1.03 bits per heavy atom. The van der Waals surface area contributed by atoms with Crippen LogP contribution in [0.5, 0.6) is 0 Å². The molecule has 3 amide bonds. The average molecular weight is 455 g/mol. The lowest BCUT2D eigenvalue weighted by molar-refractivity contribution is 0.0288. The van der Waals surface area contributed by atoms with E-state index in [0.29, 0.717) is 32.7 Å². The van der Waals surface area contributed by atoms with Gasteiger partial charge in [-0.3, -0.25) is 4.90 Å². The number of ether oxygens (including phenoxy) is 1. The lowest BCUT2D eigenvalue weighted by Gasteiger charge is -2.37. The Balaban J connectivity index is 1.37. The summed E-state index contributed by atoms with van der Waals surface area (Å²) in [6.45, 7) is 8.38. The van der Waals surface area contributed by atoms with Gasteiger partial charge in [-0.2, -0.15) is 0 Å². The number of rotatable bonds is 3. The molecule has 0 saturated carbocycles. The molecule has 0 aromatic heterocycles. The van der Waals surface area contributed by atoms with Crippen LogP contribution in [0.1, 0.15) is 27.2 Å². The van der Waals surface area contributed by atoms with E-state index in [1.807, 2.05) is 45.0 Å². The first-order valence-corrected chi connectivity index (χ1v) is 11.4. The van der Waals surface area contributed by atoms with Crippen molar-refractivity contribution < 1.29 is 18.7 Å². The van der Waals surface area contributed by atoms with E-state index in [1.54, 1.807) is 21.9 Å². The number of hydrogen-bond acceptors (Lipinski definition) is 4. The Morgan fingerprint density at radius 3 is 2.42 bits per heavy atom. The van der Waals surface area contributed by atoms with Crippen LogP contribution in [0.25, 0.3) is 0 Å². The van der Waals surface area contributed by atoms with Crippen LogP contribution in [0, 0.1) is 11.7 Å². The predicted octanol–water partition coefficient (Wildman–Crippen LogP) is 4.75. The van der Waals surface area contributed by atoms with Crippen LogP contribution in [0.2, 0.25) is 0 Å². The van der Waals surface area contributed by atoms with Gasteiger partial charge < -0.3 is 19.9 Å². The van der Waals surface area contributed by atoms with Crippen LogP contribution >= 0.6 is 0 Å². The zero-order valence-corrected chi connectivity index (χ0v) is 19.4. The van der Waals surface area contributed by atoms with Crippen molar-refractivity contribution >= 4 is 29.2 Å². The molecule has 176 valence electrons. The van der Waals surface area contributed by atoms with Gasteiger partial charge in [0.1, 0.15) is 11.4 Å². The van der Waals surface area contributed by atoms with Crippen molar-refractivity contribution in [2.24, 2.45) is 5.92 Å². The Labute approximate surface area is 194 Å². The molecule has 1 N–H and O–H groups in total. The molecule has 0 spiro atoms. The van der Waals surface area contributed by atoms with E-state index in [2.05, 4.69) is 10.2 Å². The fraction of sp³-hybridized carbons (Fsp3) is 0.440.